The lowest BCUT2D eigenvalue weighted by Gasteiger charge is -2.21. The first-order valence-electron chi connectivity index (χ1n) is 7.42. The molecular formula is C19H16N2O. The van der Waals surface area contributed by atoms with Crippen molar-refractivity contribution in [1.82, 2.24) is 4.57 Å². The molecule has 22 heavy (non-hydrogen) atoms. The zero-order valence-corrected chi connectivity index (χ0v) is 12.0. The van der Waals surface area contributed by atoms with Gasteiger partial charge in [-0.2, -0.15) is 0 Å². The molecule has 0 spiro atoms. The van der Waals surface area contributed by atoms with E-state index in [0.717, 1.165) is 11.4 Å². The minimum atomic E-state index is -0.0349. The highest BCUT2D eigenvalue weighted by Gasteiger charge is 2.34. The van der Waals surface area contributed by atoms with Crippen LogP contribution in [-0.2, 0) is 0 Å². The molecular weight excluding hydrogens is 272 g/mol. The summed E-state index contributed by atoms with van der Waals surface area (Å²) in [6.45, 7) is 0. The smallest absolute Gasteiger partial charge is 0.252 e. The maximum absolute atomic E-state index is 12.4. The molecule has 0 aliphatic carbocycles. The monoisotopic (exact) mass is 288 g/mol. The summed E-state index contributed by atoms with van der Waals surface area (Å²) in [5.74, 6) is 0.871. The molecule has 108 valence electrons. The second-order valence-electron chi connectivity index (χ2n) is 5.51. The van der Waals surface area contributed by atoms with Gasteiger partial charge in [-0.3, -0.25) is 9.36 Å². The molecule has 1 N–H and O–H groups in total. The van der Waals surface area contributed by atoms with Crippen molar-refractivity contribution < 1.29 is 0 Å². The predicted octanol–water partition coefficient (Wildman–Crippen LogP) is 3.60. The number of nitrogens with one attached hydrogen (secondary N) is 1. The molecule has 2 heterocycles. The number of aromatic nitrogens is 1. The maximum atomic E-state index is 12.4. The molecule has 0 amide bonds. The summed E-state index contributed by atoms with van der Waals surface area (Å²) in [5.41, 5.74) is 2.34. The Balaban J connectivity index is 1.91. The van der Waals surface area contributed by atoms with Crippen LogP contribution in [0.5, 0.6) is 0 Å². The molecule has 2 atom stereocenters. The Morgan fingerprint density at radius 1 is 0.727 bits per heavy atom. The van der Waals surface area contributed by atoms with Crippen LogP contribution in [0.25, 0.3) is 0 Å². The lowest BCUT2D eigenvalue weighted by molar-refractivity contribution is 0.556. The van der Waals surface area contributed by atoms with Crippen molar-refractivity contribution >= 4 is 5.82 Å². The molecule has 0 fully saturated rings. The maximum Gasteiger partial charge on any atom is 0.252 e. The molecule has 3 heteroatoms. The second-order valence-corrected chi connectivity index (χ2v) is 5.51. The molecule has 0 saturated carbocycles. The topological polar surface area (TPSA) is 34.0 Å². The lowest BCUT2D eigenvalue weighted by Crippen LogP contribution is -2.23. The van der Waals surface area contributed by atoms with Crippen molar-refractivity contribution in [2.24, 2.45) is 0 Å². The van der Waals surface area contributed by atoms with E-state index in [1.165, 1.54) is 5.56 Å². The number of pyridine rings is 1. The fourth-order valence-electron chi connectivity index (χ4n) is 3.21. The SMILES string of the molecule is O=c1cccc2n1C(c1ccccc1)[C@@H](c1ccccc1)N2. The summed E-state index contributed by atoms with van der Waals surface area (Å²) < 4.78 is 1.85. The molecule has 1 aliphatic heterocycles. The van der Waals surface area contributed by atoms with Gasteiger partial charge in [-0.05, 0) is 17.2 Å². The summed E-state index contributed by atoms with van der Waals surface area (Å²) in [6.07, 6.45) is 0. The fraction of sp³-hybridized carbons (Fsp3) is 0.105. The highest BCUT2D eigenvalue weighted by Crippen LogP contribution is 2.40. The highest BCUT2D eigenvalue weighted by molar-refractivity contribution is 5.48. The molecule has 0 saturated heterocycles. The third kappa shape index (κ3) is 2.02. The van der Waals surface area contributed by atoms with Gasteiger partial charge in [0.1, 0.15) is 5.82 Å². The fourth-order valence-corrected chi connectivity index (χ4v) is 3.21. The van der Waals surface area contributed by atoms with E-state index < -0.39 is 0 Å². The van der Waals surface area contributed by atoms with Crippen LogP contribution in [-0.4, -0.2) is 4.57 Å². The van der Waals surface area contributed by atoms with Crippen LogP contribution in [0, 0.1) is 0 Å². The standard InChI is InChI=1S/C19H16N2O/c22-17-13-7-12-16-20-18(14-8-3-1-4-9-14)19(21(16)17)15-10-5-2-6-11-15/h1-13,18-20H/t18-,19?/m1/s1. The molecule has 0 radical (unpaired) electrons. The van der Waals surface area contributed by atoms with Crippen LogP contribution in [0.15, 0.2) is 83.7 Å². The van der Waals surface area contributed by atoms with Gasteiger partial charge in [-0.25, -0.2) is 0 Å². The lowest BCUT2D eigenvalue weighted by atomic mass is 9.94. The van der Waals surface area contributed by atoms with E-state index in [9.17, 15) is 4.79 Å². The van der Waals surface area contributed by atoms with Gasteiger partial charge < -0.3 is 5.32 Å². The largest absolute Gasteiger partial charge is 0.362 e. The Hall–Kier alpha value is -2.81. The van der Waals surface area contributed by atoms with Crippen molar-refractivity contribution in [2.75, 3.05) is 5.32 Å². The Bertz CT molecular complexity index is 840. The first-order chi connectivity index (χ1) is 10.8. The molecule has 1 aromatic heterocycles. The first kappa shape index (κ1) is 12.9. The van der Waals surface area contributed by atoms with E-state index in [-0.39, 0.29) is 17.6 Å². The molecule has 4 rings (SSSR count). The van der Waals surface area contributed by atoms with Crippen molar-refractivity contribution in [1.29, 1.82) is 0 Å². The van der Waals surface area contributed by atoms with Crippen LogP contribution in [0.4, 0.5) is 5.82 Å². The van der Waals surface area contributed by atoms with Crippen LogP contribution < -0.4 is 10.9 Å². The van der Waals surface area contributed by atoms with E-state index >= 15 is 0 Å². The van der Waals surface area contributed by atoms with Crippen molar-refractivity contribution in [3.63, 3.8) is 0 Å². The summed E-state index contributed by atoms with van der Waals surface area (Å²) in [6, 6.07) is 25.9. The zero-order valence-electron chi connectivity index (χ0n) is 12.0. The van der Waals surface area contributed by atoms with E-state index in [4.69, 9.17) is 0 Å². The molecule has 1 aliphatic rings. The summed E-state index contributed by atoms with van der Waals surface area (Å²) in [7, 11) is 0. The molecule has 3 nitrogen and oxygen atoms in total. The number of rotatable bonds is 2. The Morgan fingerprint density at radius 3 is 2.05 bits per heavy atom. The van der Waals surface area contributed by atoms with Crippen LogP contribution in [0.1, 0.15) is 23.2 Å². The van der Waals surface area contributed by atoms with Crippen LogP contribution >= 0.6 is 0 Å². The van der Waals surface area contributed by atoms with Gasteiger partial charge in [0, 0.05) is 6.07 Å². The normalized spacial score (nSPS) is 19.5. The number of benzene rings is 2. The average molecular weight is 288 g/mol. The molecule has 3 aromatic rings. The van der Waals surface area contributed by atoms with Gasteiger partial charge in [0.2, 0.25) is 0 Å². The minimum absolute atomic E-state index is 0.0253. The number of nitrogens with zero attached hydrogens (tertiary/aromatic N) is 1. The Morgan fingerprint density at radius 2 is 1.36 bits per heavy atom. The third-order valence-electron chi connectivity index (χ3n) is 4.19. The zero-order chi connectivity index (χ0) is 14.9. The van der Waals surface area contributed by atoms with Crippen molar-refractivity contribution in [3.8, 4) is 0 Å². The van der Waals surface area contributed by atoms with Gasteiger partial charge in [0.15, 0.2) is 0 Å². The minimum Gasteiger partial charge on any atom is -0.362 e. The molecule has 2 aromatic carbocycles. The van der Waals surface area contributed by atoms with Crippen molar-refractivity contribution in [3.05, 3.63) is 100 Å². The van der Waals surface area contributed by atoms with Gasteiger partial charge in [-0.1, -0.05) is 66.7 Å². The number of fused-ring (bicyclic) bond motifs is 1. The number of anilines is 1. The van der Waals surface area contributed by atoms with Crippen LogP contribution in [0.3, 0.4) is 0 Å². The predicted molar refractivity (Wildman–Crippen MR) is 88.1 cm³/mol. The molecule has 0 bridgehead atoms. The third-order valence-corrected chi connectivity index (χ3v) is 4.19. The summed E-state index contributed by atoms with van der Waals surface area (Å²) in [4.78, 5) is 12.4. The van der Waals surface area contributed by atoms with Gasteiger partial charge >= 0.3 is 0 Å². The highest BCUT2D eigenvalue weighted by atomic mass is 16.1. The first-order valence-corrected chi connectivity index (χ1v) is 7.42. The van der Waals surface area contributed by atoms with E-state index in [1.807, 2.05) is 47.0 Å². The number of hydrogen-bond donors (Lipinski definition) is 1. The average Bonchev–Trinajstić information content (AvgIpc) is 2.97. The Labute approximate surface area is 128 Å². The quantitative estimate of drug-likeness (QED) is 0.781. The number of hydrogen-bond acceptors (Lipinski definition) is 2. The van der Waals surface area contributed by atoms with Gasteiger partial charge in [0.05, 0.1) is 12.1 Å². The summed E-state index contributed by atoms with van der Waals surface area (Å²) in [5, 5.41) is 3.50. The van der Waals surface area contributed by atoms with Crippen molar-refractivity contribution in [2.45, 2.75) is 12.1 Å². The molecule has 1 unspecified atom stereocenters. The van der Waals surface area contributed by atoms with Crippen LogP contribution in [0.2, 0.25) is 0 Å². The Kier molecular flexibility index (Phi) is 3.04. The second kappa shape index (κ2) is 5.19. The van der Waals surface area contributed by atoms with Gasteiger partial charge in [-0.15, -0.1) is 0 Å². The van der Waals surface area contributed by atoms with E-state index in [2.05, 4.69) is 29.6 Å². The van der Waals surface area contributed by atoms with Gasteiger partial charge in [0.25, 0.3) is 5.56 Å². The van der Waals surface area contributed by atoms with E-state index in [0.29, 0.717) is 0 Å². The summed E-state index contributed by atoms with van der Waals surface area (Å²) >= 11 is 0. The van der Waals surface area contributed by atoms with E-state index in [1.54, 1.807) is 12.1 Å².